The van der Waals surface area contributed by atoms with Gasteiger partial charge >= 0.3 is 0 Å². The van der Waals surface area contributed by atoms with Gasteiger partial charge in [-0.15, -0.1) is 0 Å². The maximum atomic E-state index is 11.3. The minimum atomic E-state index is -0.717. The van der Waals surface area contributed by atoms with E-state index in [1.807, 2.05) is 13.8 Å². The summed E-state index contributed by atoms with van der Waals surface area (Å²) in [7, 11) is 0. The minimum Gasteiger partial charge on any atom is -0.376 e. The van der Waals surface area contributed by atoms with Gasteiger partial charge in [-0.2, -0.15) is 0 Å². The topological polar surface area (TPSA) is 64.3 Å². The average molecular weight is 200 g/mol. The Labute approximate surface area is 85.2 Å². The van der Waals surface area contributed by atoms with Crippen LogP contribution in [0.5, 0.6) is 0 Å². The van der Waals surface area contributed by atoms with Crippen LogP contribution in [0.4, 0.5) is 0 Å². The zero-order valence-electron chi connectivity index (χ0n) is 9.17. The summed E-state index contributed by atoms with van der Waals surface area (Å²) in [5.41, 5.74) is 4.63. The van der Waals surface area contributed by atoms with Crippen molar-refractivity contribution in [3.63, 3.8) is 0 Å². The van der Waals surface area contributed by atoms with Crippen molar-refractivity contribution in [2.45, 2.75) is 51.3 Å². The molecule has 1 saturated carbocycles. The molecule has 1 aliphatic rings. The third kappa shape index (κ3) is 3.27. The molecule has 0 spiro atoms. The largest absolute Gasteiger partial charge is 0.376 e. The highest BCUT2D eigenvalue weighted by Crippen LogP contribution is 2.22. The van der Waals surface area contributed by atoms with E-state index in [0.717, 1.165) is 12.8 Å². The van der Waals surface area contributed by atoms with E-state index in [1.165, 1.54) is 0 Å². The Morgan fingerprint density at radius 1 is 1.64 bits per heavy atom. The Morgan fingerprint density at radius 3 is 2.57 bits per heavy atom. The van der Waals surface area contributed by atoms with Crippen molar-refractivity contribution in [2.24, 2.45) is 5.73 Å². The summed E-state index contributed by atoms with van der Waals surface area (Å²) in [5, 5.41) is 3.22. The number of rotatable bonds is 6. The quantitative estimate of drug-likeness (QED) is 0.652. The monoisotopic (exact) mass is 200 g/mol. The van der Waals surface area contributed by atoms with E-state index in [9.17, 15) is 4.79 Å². The highest BCUT2D eigenvalue weighted by atomic mass is 16.5. The molecule has 1 amide bonds. The van der Waals surface area contributed by atoms with E-state index in [0.29, 0.717) is 12.6 Å². The molecule has 0 bridgehead atoms. The van der Waals surface area contributed by atoms with Crippen molar-refractivity contribution >= 4 is 5.91 Å². The smallest absolute Gasteiger partial charge is 0.239 e. The number of hydrogen-bond acceptors (Lipinski definition) is 3. The third-order valence-corrected chi connectivity index (χ3v) is 2.35. The summed E-state index contributed by atoms with van der Waals surface area (Å²) in [6.45, 7) is 6.03. The number of primary amides is 1. The number of carbonyl (C=O) groups is 1. The van der Waals surface area contributed by atoms with Gasteiger partial charge in [0.05, 0.1) is 12.7 Å². The molecule has 0 aromatic heterocycles. The Bertz CT molecular complexity index is 214. The molecule has 4 nitrogen and oxygen atoms in total. The number of hydrogen-bond donors (Lipinski definition) is 2. The van der Waals surface area contributed by atoms with Gasteiger partial charge in [0, 0.05) is 6.04 Å². The van der Waals surface area contributed by atoms with Crippen LogP contribution in [0.15, 0.2) is 0 Å². The number of carbonyl (C=O) groups excluding carboxylic acids is 1. The van der Waals surface area contributed by atoms with Crippen LogP contribution < -0.4 is 11.1 Å². The zero-order chi connectivity index (χ0) is 10.8. The lowest BCUT2D eigenvalue weighted by atomic mass is 10.0. The fourth-order valence-electron chi connectivity index (χ4n) is 1.20. The maximum Gasteiger partial charge on any atom is 0.239 e. The molecule has 1 aliphatic carbocycles. The Hall–Kier alpha value is -0.610. The number of nitrogens with one attached hydrogen (secondary N) is 1. The molecule has 1 fully saturated rings. The summed E-state index contributed by atoms with van der Waals surface area (Å²) < 4.78 is 5.43. The molecule has 0 heterocycles. The lowest BCUT2D eigenvalue weighted by Gasteiger charge is -2.28. The second-order valence-electron chi connectivity index (χ2n) is 4.47. The van der Waals surface area contributed by atoms with Crippen LogP contribution in [0, 0.1) is 0 Å². The number of amides is 1. The molecule has 0 aromatic carbocycles. The standard InChI is InChI=1S/C10H20N2O2/c1-7(2)14-6-10(3,9(11)13)12-8-4-5-8/h7-8,12H,4-6H2,1-3H3,(H2,11,13). The first kappa shape index (κ1) is 11.5. The van der Waals surface area contributed by atoms with Crippen LogP contribution in [-0.4, -0.2) is 30.2 Å². The van der Waals surface area contributed by atoms with Crippen LogP contribution in [0.3, 0.4) is 0 Å². The van der Waals surface area contributed by atoms with Gasteiger partial charge in [-0.05, 0) is 33.6 Å². The van der Waals surface area contributed by atoms with E-state index >= 15 is 0 Å². The SMILES string of the molecule is CC(C)OCC(C)(NC1CC1)C(N)=O. The van der Waals surface area contributed by atoms with Crippen molar-refractivity contribution in [1.82, 2.24) is 5.32 Å². The van der Waals surface area contributed by atoms with Crippen molar-refractivity contribution in [3.05, 3.63) is 0 Å². The first-order valence-corrected chi connectivity index (χ1v) is 5.13. The lowest BCUT2D eigenvalue weighted by molar-refractivity contribution is -0.127. The van der Waals surface area contributed by atoms with Gasteiger partial charge in [-0.3, -0.25) is 10.1 Å². The lowest BCUT2D eigenvalue weighted by Crippen LogP contribution is -2.57. The van der Waals surface area contributed by atoms with Crippen molar-refractivity contribution in [3.8, 4) is 0 Å². The molecule has 1 rings (SSSR count). The summed E-state index contributed by atoms with van der Waals surface area (Å²) >= 11 is 0. The fourth-order valence-corrected chi connectivity index (χ4v) is 1.20. The van der Waals surface area contributed by atoms with Crippen LogP contribution in [0.2, 0.25) is 0 Å². The van der Waals surface area contributed by atoms with E-state index in [1.54, 1.807) is 6.92 Å². The van der Waals surface area contributed by atoms with Crippen LogP contribution >= 0.6 is 0 Å². The Balaban J connectivity index is 2.46. The van der Waals surface area contributed by atoms with Gasteiger partial charge in [0.1, 0.15) is 5.54 Å². The van der Waals surface area contributed by atoms with Gasteiger partial charge in [-0.1, -0.05) is 0 Å². The first-order chi connectivity index (χ1) is 6.44. The first-order valence-electron chi connectivity index (χ1n) is 5.13. The van der Waals surface area contributed by atoms with Gasteiger partial charge < -0.3 is 10.5 Å². The summed E-state index contributed by atoms with van der Waals surface area (Å²) in [6, 6.07) is 0.447. The highest BCUT2D eigenvalue weighted by molar-refractivity contribution is 5.84. The molecule has 1 atom stereocenters. The summed E-state index contributed by atoms with van der Waals surface area (Å²) in [6.07, 6.45) is 2.38. The molecule has 1 unspecified atom stereocenters. The van der Waals surface area contributed by atoms with Crippen molar-refractivity contribution < 1.29 is 9.53 Å². The fraction of sp³-hybridized carbons (Fsp3) is 0.900. The van der Waals surface area contributed by atoms with Crippen LogP contribution in [0.25, 0.3) is 0 Å². The molecule has 14 heavy (non-hydrogen) atoms. The molecular formula is C10H20N2O2. The molecular weight excluding hydrogens is 180 g/mol. The van der Waals surface area contributed by atoms with E-state index < -0.39 is 5.54 Å². The van der Waals surface area contributed by atoms with E-state index in [2.05, 4.69) is 5.32 Å². The molecule has 0 saturated heterocycles. The molecule has 3 N–H and O–H groups in total. The third-order valence-electron chi connectivity index (χ3n) is 2.35. The summed E-state index contributed by atoms with van der Waals surface area (Å²) in [5.74, 6) is -0.343. The van der Waals surface area contributed by atoms with Crippen LogP contribution in [0.1, 0.15) is 33.6 Å². The minimum absolute atomic E-state index is 0.120. The number of ether oxygens (including phenoxy) is 1. The van der Waals surface area contributed by atoms with Crippen molar-refractivity contribution in [1.29, 1.82) is 0 Å². The van der Waals surface area contributed by atoms with E-state index in [-0.39, 0.29) is 12.0 Å². The summed E-state index contributed by atoms with van der Waals surface area (Å²) in [4.78, 5) is 11.3. The zero-order valence-corrected chi connectivity index (χ0v) is 9.17. The maximum absolute atomic E-state index is 11.3. The molecule has 4 heteroatoms. The normalized spacial score (nSPS) is 20.9. The Morgan fingerprint density at radius 2 is 2.21 bits per heavy atom. The molecule has 82 valence electrons. The predicted octanol–water partition coefficient (Wildman–Crippen LogP) is 0.407. The van der Waals surface area contributed by atoms with Gasteiger partial charge in [-0.25, -0.2) is 0 Å². The van der Waals surface area contributed by atoms with E-state index in [4.69, 9.17) is 10.5 Å². The second kappa shape index (κ2) is 4.28. The average Bonchev–Trinajstić information content (AvgIpc) is 2.84. The molecule has 0 radical (unpaired) electrons. The predicted molar refractivity (Wildman–Crippen MR) is 54.8 cm³/mol. The Kier molecular flexibility index (Phi) is 3.50. The molecule has 0 aromatic rings. The van der Waals surface area contributed by atoms with Gasteiger partial charge in [0.15, 0.2) is 0 Å². The van der Waals surface area contributed by atoms with Crippen LogP contribution in [-0.2, 0) is 9.53 Å². The number of nitrogens with two attached hydrogens (primary N) is 1. The molecule has 0 aliphatic heterocycles. The highest BCUT2D eigenvalue weighted by Gasteiger charge is 2.37. The second-order valence-corrected chi connectivity index (χ2v) is 4.47. The van der Waals surface area contributed by atoms with Gasteiger partial charge in [0.25, 0.3) is 0 Å². The van der Waals surface area contributed by atoms with Gasteiger partial charge in [0.2, 0.25) is 5.91 Å². The van der Waals surface area contributed by atoms with Crippen molar-refractivity contribution in [2.75, 3.05) is 6.61 Å².